The van der Waals surface area contributed by atoms with Crippen molar-refractivity contribution >= 4 is 11.5 Å². The first-order valence-corrected chi connectivity index (χ1v) is 9.26. The second-order valence-electron chi connectivity index (χ2n) is 8.17. The Labute approximate surface area is 163 Å². The summed E-state index contributed by atoms with van der Waals surface area (Å²) >= 11 is 0. The fourth-order valence-electron chi connectivity index (χ4n) is 4.27. The van der Waals surface area contributed by atoms with Gasteiger partial charge in [-0.3, -0.25) is 9.69 Å². The number of aromatic nitrogens is 1. The third kappa shape index (κ3) is 2.71. The topological polar surface area (TPSA) is 96.2 Å². The number of carbonyl (C=O) groups is 1. The van der Waals surface area contributed by atoms with E-state index in [1.807, 2.05) is 42.2 Å². The van der Waals surface area contributed by atoms with Gasteiger partial charge in [0.15, 0.2) is 5.78 Å². The summed E-state index contributed by atoms with van der Waals surface area (Å²) in [6, 6.07) is 11.9. The van der Waals surface area contributed by atoms with Crippen LogP contribution in [-0.4, -0.2) is 10.9 Å². The Kier molecular flexibility index (Phi) is 4.11. The fraction of sp³-hybridized carbons (Fsp3) is 0.318. The van der Waals surface area contributed by atoms with Gasteiger partial charge in [0.25, 0.3) is 0 Å². The third-order valence-electron chi connectivity index (χ3n) is 5.49. The number of carbonyl (C=O) groups excluding carboxylic acids is 1. The average Bonchev–Trinajstić information content (AvgIpc) is 3.06. The second kappa shape index (κ2) is 6.38. The molecule has 1 atom stereocenters. The van der Waals surface area contributed by atoms with Crippen LogP contribution < -0.4 is 10.6 Å². The fourth-order valence-corrected chi connectivity index (χ4v) is 4.27. The number of hydrogen-bond donors (Lipinski definition) is 1. The van der Waals surface area contributed by atoms with Crippen LogP contribution in [0.4, 0.5) is 5.69 Å². The Hall–Kier alpha value is -3.33. The Morgan fingerprint density at radius 3 is 2.61 bits per heavy atom. The maximum Gasteiger partial charge on any atom is 0.162 e. The van der Waals surface area contributed by atoms with Crippen LogP contribution in [0.1, 0.15) is 43.9 Å². The van der Waals surface area contributed by atoms with Crippen LogP contribution in [0, 0.1) is 23.7 Å². The van der Waals surface area contributed by atoms with Gasteiger partial charge in [0, 0.05) is 28.9 Å². The predicted molar refractivity (Wildman–Crippen MR) is 105 cm³/mol. The second-order valence-corrected chi connectivity index (χ2v) is 8.17. The summed E-state index contributed by atoms with van der Waals surface area (Å²) in [6.07, 6.45) is 2.62. The van der Waals surface area contributed by atoms with Crippen LogP contribution in [-0.2, 0) is 4.79 Å². The Bertz CT molecular complexity index is 1050. The minimum atomic E-state index is -0.546. The molecule has 1 aliphatic carbocycles. The summed E-state index contributed by atoms with van der Waals surface area (Å²) in [6.45, 7) is 5.97. The zero-order chi connectivity index (χ0) is 20.1. The molecular weight excluding hydrogens is 352 g/mol. The molecule has 0 amide bonds. The van der Waals surface area contributed by atoms with Crippen LogP contribution in [0.2, 0.25) is 0 Å². The third-order valence-corrected chi connectivity index (χ3v) is 5.49. The monoisotopic (exact) mass is 374 g/mol. The molecule has 0 bridgehead atoms. The standard InChI is InChI=1S/C22H22N4O2/c1-13-16(12-28-25-13)19-15(11-23)21(24)26(14-7-5-4-6-8-14)17-9-22(2,3)10-18(27)20(17)19/h4-8,12,19H,9-10,24H2,1-3H3. The van der Waals surface area contributed by atoms with E-state index in [0.717, 1.165) is 11.4 Å². The van der Waals surface area contributed by atoms with E-state index in [1.54, 1.807) is 0 Å². The molecule has 4 rings (SSSR count). The molecule has 1 aromatic carbocycles. The molecule has 1 aliphatic heterocycles. The molecule has 142 valence electrons. The van der Waals surface area contributed by atoms with E-state index in [9.17, 15) is 10.1 Å². The molecule has 0 spiro atoms. The molecule has 2 N–H and O–H groups in total. The van der Waals surface area contributed by atoms with Crippen molar-refractivity contribution in [1.82, 2.24) is 5.16 Å². The van der Waals surface area contributed by atoms with Crippen molar-refractivity contribution in [1.29, 1.82) is 5.26 Å². The first-order valence-electron chi connectivity index (χ1n) is 9.26. The van der Waals surface area contributed by atoms with E-state index in [1.165, 1.54) is 6.26 Å². The minimum absolute atomic E-state index is 0.0398. The average molecular weight is 374 g/mol. The number of aryl methyl sites for hydroxylation is 1. The van der Waals surface area contributed by atoms with Gasteiger partial charge in [0.05, 0.1) is 23.3 Å². The van der Waals surface area contributed by atoms with Crippen LogP contribution in [0.3, 0.4) is 0 Å². The van der Waals surface area contributed by atoms with Gasteiger partial charge < -0.3 is 10.3 Å². The lowest BCUT2D eigenvalue weighted by Crippen LogP contribution is -2.42. The number of allylic oxidation sites excluding steroid dienone is 3. The number of nitriles is 1. The highest BCUT2D eigenvalue weighted by Gasteiger charge is 2.45. The molecule has 0 saturated carbocycles. The predicted octanol–water partition coefficient (Wildman–Crippen LogP) is 3.92. The maximum absolute atomic E-state index is 13.3. The van der Waals surface area contributed by atoms with Crippen molar-refractivity contribution in [3.05, 3.63) is 70.5 Å². The zero-order valence-electron chi connectivity index (χ0n) is 16.2. The zero-order valence-corrected chi connectivity index (χ0v) is 16.2. The van der Waals surface area contributed by atoms with Crippen molar-refractivity contribution in [2.75, 3.05) is 4.90 Å². The van der Waals surface area contributed by atoms with Gasteiger partial charge in [-0.1, -0.05) is 37.2 Å². The molecule has 6 heteroatoms. The van der Waals surface area contributed by atoms with Gasteiger partial charge in [0.2, 0.25) is 0 Å². The number of anilines is 1. The first kappa shape index (κ1) is 18.1. The highest BCUT2D eigenvalue weighted by molar-refractivity contribution is 6.01. The Balaban J connectivity index is 2.02. The van der Waals surface area contributed by atoms with E-state index in [0.29, 0.717) is 41.1 Å². The lowest BCUT2D eigenvalue weighted by molar-refractivity contribution is -0.118. The highest BCUT2D eigenvalue weighted by Crippen LogP contribution is 2.50. The first-order chi connectivity index (χ1) is 13.3. The number of hydrogen-bond acceptors (Lipinski definition) is 6. The molecular formula is C22H22N4O2. The summed E-state index contributed by atoms with van der Waals surface area (Å²) in [7, 11) is 0. The van der Waals surface area contributed by atoms with E-state index in [-0.39, 0.29) is 11.2 Å². The summed E-state index contributed by atoms with van der Waals surface area (Å²) < 4.78 is 5.12. The summed E-state index contributed by atoms with van der Waals surface area (Å²) in [5.41, 5.74) is 10.4. The molecule has 28 heavy (non-hydrogen) atoms. The van der Waals surface area contributed by atoms with Gasteiger partial charge in [-0.25, -0.2) is 0 Å². The highest BCUT2D eigenvalue weighted by atomic mass is 16.5. The Morgan fingerprint density at radius 1 is 1.29 bits per heavy atom. The van der Waals surface area contributed by atoms with Crippen molar-refractivity contribution < 1.29 is 9.32 Å². The van der Waals surface area contributed by atoms with Gasteiger partial charge in [-0.15, -0.1) is 0 Å². The van der Waals surface area contributed by atoms with Crippen LogP contribution in [0.5, 0.6) is 0 Å². The quantitative estimate of drug-likeness (QED) is 0.856. The number of Topliss-reactive ketones (excluding diaryl/α,β-unsaturated/α-hetero) is 1. The lowest BCUT2D eigenvalue weighted by Gasteiger charge is -2.43. The van der Waals surface area contributed by atoms with Crippen LogP contribution in [0.25, 0.3) is 0 Å². The van der Waals surface area contributed by atoms with Gasteiger partial charge in [-0.2, -0.15) is 5.26 Å². The number of nitrogens with zero attached hydrogens (tertiary/aromatic N) is 3. The van der Waals surface area contributed by atoms with Crippen molar-refractivity contribution in [2.24, 2.45) is 11.1 Å². The number of ketones is 1. The molecule has 2 aliphatic rings. The van der Waals surface area contributed by atoms with Crippen molar-refractivity contribution in [2.45, 2.75) is 39.5 Å². The summed E-state index contributed by atoms with van der Waals surface area (Å²) in [5.74, 6) is -0.156. The smallest absolute Gasteiger partial charge is 0.162 e. The van der Waals surface area contributed by atoms with Crippen molar-refractivity contribution in [3.63, 3.8) is 0 Å². The minimum Gasteiger partial charge on any atom is -0.384 e. The van der Waals surface area contributed by atoms with Crippen LogP contribution in [0.15, 0.2) is 63.8 Å². The van der Waals surface area contributed by atoms with Gasteiger partial charge >= 0.3 is 0 Å². The molecule has 1 unspecified atom stereocenters. The molecule has 6 nitrogen and oxygen atoms in total. The maximum atomic E-state index is 13.3. The number of para-hydroxylation sites is 1. The van der Waals surface area contributed by atoms with Crippen molar-refractivity contribution in [3.8, 4) is 6.07 Å². The van der Waals surface area contributed by atoms with E-state index in [4.69, 9.17) is 10.3 Å². The molecule has 0 saturated heterocycles. The van der Waals surface area contributed by atoms with E-state index >= 15 is 0 Å². The normalized spacial score (nSPS) is 21.6. The molecule has 0 radical (unpaired) electrons. The lowest BCUT2D eigenvalue weighted by atomic mass is 9.68. The molecule has 1 aromatic heterocycles. The number of rotatable bonds is 2. The SMILES string of the molecule is Cc1nocc1C1C(C#N)=C(N)N(c2ccccc2)C2=C1C(=O)CC(C)(C)C2. The number of nitrogens with two attached hydrogens (primary N) is 1. The molecule has 2 heterocycles. The summed E-state index contributed by atoms with van der Waals surface area (Å²) in [4.78, 5) is 15.2. The van der Waals surface area contributed by atoms with Gasteiger partial charge in [-0.05, 0) is 30.9 Å². The largest absolute Gasteiger partial charge is 0.384 e. The van der Waals surface area contributed by atoms with E-state index in [2.05, 4.69) is 25.1 Å². The Morgan fingerprint density at radius 2 is 2.00 bits per heavy atom. The molecule has 2 aromatic rings. The van der Waals surface area contributed by atoms with Crippen LogP contribution >= 0.6 is 0 Å². The number of benzene rings is 1. The molecule has 0 fully saturated rings. The summed E-state index contributed by atoms with van der Waals surface area (Å²) in [5, 5.41) is 13.9. The van der Waals surface area contributed by atoms with E-state index < -0.39 is 5.92 Å². The van der Waals surface area contributed by atoms with Gasteiger partial charge in [0.1, 0.15) is 12.1 Å².